The SMILES string of the molecule is CC[n+]1c2ccccc2nc2c(NC(=O)CCC(=O)[O-])cccc21. The van der Waals surface area contributed by atoms with Crippen LogP contribution >= 0.6 is 0 Å². The number of carbonyl (C=O) groups excluding carboxylic acids is 2. The number of nitrogens with zero attached hydrogens (tertiary/aromatic N) is 2. The fourth-order valence-corrected chi connectivity index (χ4v) is 2.77. The molecule has 1 aromatic heterocycles. The van der Waals surface area contributed by atoms with Crippen molar-refractivity contribution in [1.82, 2.24) is 4.98 Å². The minimum absolute atomic E-state index is 0.125. The average molecular weight is 323 g/mol. The number of carboxylic acid groups (broad SMARTS) is 1. The summed E-state index contributed by atoms with van der Waals surface area (Å²) in [5.74, 6) is -1.61. The van der Waals surface area contributed by atoms with Gasteiger partial charge in [-0.15, -0.1) is 0 Å². The van der Waals surface area contributed by atoms with Crippen molar-refractivity contribution in [1.29, 1.82) is 0 Å². The Balaban J connectivity index is 2.08. The zero-order valence-electron chi connectivity index (χ0n) is 13.3. The Kier molecular flexibility index (Phi) is 4.37. The van der Waals surface area contributed by atoms with Gasteiger partial charge in [-0.3, -0.25) is 4.79 Å². The van der Waals surface area contributed by atoms with E-state index in [2.05, 4.69) is 21.8 Å². The van der Waals surface area contributed by atoms with Gasteiger partial charge in [-0.05, 0) is 25.5 Å². The van der Waals surface area contributed by atoms with E-state index in [0.717, 1.165) is 23.1 Å². The van der Waals surface area contributed by atoms with Crippen molar-refractivity contribution in [2.24, 2.45) is 0 Å². The van der Waals surface area contributed by atoms with Gasteiger partial charge in [-0.1, -0.05) is 18.2 Å². The highest BCUT2D eigenvalue weighted by atomic mass is 16.4. The molecule has 0 bridgehead atoms. The van der Waals surface area contributed by atoms with Crippen molar-refractivity contribution < 1.29 is 19.3 Å². The standard InChI is InChI=1S/C18H17N3O3/c1-2-21-14-8-4-3-6-12(14)20-18-13(7-5-9-15(18)21)19-16(22)10-11-17(23)24/h3-9H,2,10-11H2,1H3,(H,23,24). The maximum absolute atomic E-state index is 11.9. The molecule has 0 unspecified atom stereocenters. The van der Waals surface area contributed by atoms with Crippen LogP contribution in [0.3, 0.4) is 0 Å². The predicted octanol–water partition coefficient (Wildman–Crippen LogP) is 1.16. The van der Waals surface area contributed by atoms with Crippen LogP contribution in [-0.4, -0.2) is 16.9 Å². The molecule has 1 N–H and O–H groups in total. The first-order valence-corrected chi connectivity index (χ1v) is 7.81. The molecule has 0 spiro atoms. The summed E-state index contributed by atoms with van der Waals surface area (Å²) in [6.07, 6.45) is -0.429. The number of anilines is 1. The van der Waals surface area contributed by atoms with Crippen molar-refractivity contribution in [2.75, 3.05) is 5.32 Å². The zero-order valence-corrected chi connectivity index (χ0v) is 13.3. The Morgan fingerprint density at radius 2 is 1.83 bits per heavy atom. The molecule has 6 nitrogen and oxygen atoms in total. The molecule has 0 aliphatic carbocycles. The maximum Gasteiger partial charge on any atom is 0.233 e. The number of aryl methyl sites for hydroxylation is 1. The van der Waals surface area contributed by atoms with Crippen LogP contribution in [0.25, 0.3) is 22.1 Å². The van der Waals surface area contributed by atoms with E-state index in [1.54, 1.807) is 6.07 Å². The van der Waals surface area contributed by atoms with Crippen molar-refractivity contribution in [3.8, 4) is 0 Å². The van der Waals surface area contributed by atoms with Crippen LogP contribution in [0.15, 0.2) is 42.5 Å². The highest BCUT2D eigenvalue weighted by molar-refractivity contribution is 6.00. The molecule has 1 heterocycles. The number of hydrogen-bond acceptors (Lipinski definition) is 4. The number of fused-ring (bicyclic) bond motifs is 2. The summed E-state index contributed by atoms with van der Waals surface area (Å²) < 4.78 is 2.13. The van der Waals surface area contributed by atoms with Crippen LogP contribution in [0.5, 0.6) is 0 Å². The molecule has 0 atom stereocenters. The lowest BCUT2D eigenvalue weighted by atomic mass is 10.2. The quantitative estimate of drug-likeness (QED) is 0.564. The number of nitrogens with one attached hydrogen (secondary N) is 1. The van der Waals surface area contributed by atoms with E-state index in [4.69, 9.17) is 0 Å². The minimum atomic E-state index is -1.24. The third kappa shape index (κ3) is 3.03. The first kappa shape index (κ1) is 15.9. The van der Waals surface area contributed by atoms with Gasteiger partial charge in [-0.25, -0.2) is 4.98 Å². The molecule has 0 saturated carbocycles. The van der Waals surface area contributed by atoms with Gasteiger partial charge in [0, 0.05) is 24.5 Å². The van der Waals surface area contributed by atoms with E-state index >= 15 is 0 Å². The lowest BCUT2D eigenvalue weighted by Crippen LogP contribution is -2.34. The van der Waals surface area contributed by atoms with E-state index in [0.29, 0.717) is 11.2 Å². The highest BCUT2D eigenvalue weighted by Crippen LogP contribution is 2.22. The molecule has 0 fully saturated rings. The van der Waals surface area contributed by atoms with Crippen LogP contribution in [0.2, 0.25) is 0 Å². The first-order chi connectivity index (χ1) is 11.6. The molecule has 6 heteroatoms. The summed E-state index contributed by atoms with van der Waals surface area (Å²) in [6, 6.07) is 13.4. The monoisotopic (exact) mass is 323 g/mol. The molecule has 2 aromatic carbocycles. The molecule has 1 amide bonds. The van der Waals surface area contributed by atoms with Gasteiger partial charge >= 0.3 is 0 Å². The Morgan fingerprint density at radius 1 is 1.08 bits per heavy atom. The zero-order chi connectivity index (χ0) is 17.1. The second-order valence-electron chi connectivity index (χ2n) is 5.44. The Bertz CT molecular complexity index is 937. The van der Waals surface area contributed by atoms with Gasteiger partial charge in [0.2, 0.25) is 16.9 Å². The number of hydrogen-bond donors (Lipinski definition) is 1. The van der Waals surface area contributed by atoms with Crippen LogP contribution in [0.4, 0.5) is 5.69 Å². The van der Waals surface area contributed by atoms with Crippen LogP contribution in [0, 0.1) is 0 Å². The van der Waals surface area contributed by atoms with Gasteiger partial charge < -0.3 is 15.2 Å². The molecule has 122 valence electrons. The number of benzene rings is 2. The Labute approximate surface area is 138 Å². The Hall–Kier alpha value is -3.02. The van der Waals surface area contributed by atoms with E-state index in [-0.39, 0.29) is 18.7 Å². The van der Waals surface area contributed by atoms with Crippen LogP contribution in [-0.2, 0) is 16.1 Å². The number of para-hydroxylation sites is 3. The lowest BCUT2D eigenvalue weighted by Gasteiger charge is -2.09. The molecule has 3 rings (SSSR count). The van der Waals surface area contributed by atoms with Gasteiger partial charge in [0.15, 0.2) is 5.52 Å². The third-order valence-corrected chi connectivity index (χ3v) is 3.86. The molecule has 0 aliphatic rings. The summed E-state index contributed by atoms with van der Waals surface area (Å²) in [5, 5.41) is 13.2. The normalized spacial score (nSPS) is 10.9. The second kappa shape index (κ2) is 6.62. The minimum Gasteiger partial charge on any atom is -0.550 e. The van der Waals surface area contributed by atoms with Gasteiger partial charge in [0.25, 0.3) is 0 Å². The number of rotatable bonds is 5. The fraction of sp³-hybridized carbons (Fsp3) is 0.222. The summed E-state index contributed by atoms with van der Waals surface area (Å²) in [6.45, 7) is 2.82. The smallest absolute Gasteiger partial charge is 0.233 e. The lowest BCUT2D eigenvalue weighted by molar-refractivity contribution is -0.641. The number of carbonyl (C=O) groups is 2. The summed E-state index contributed by atoms with van der Waals surface area (Å²) in [7, 11) is 0. The molecule has 3 aromatic rings. The van der Waals surface area contributed by atoms with E-state index in [1.165, 1.54) is 0 Å². The topological polar surface area (TPSA) is 86.0 Å². The predicted molar refractivity (Wildman–Crippen MR) is 88.0 cm³/mol. The van der Waals surface area contributed by atoms with Gasteiger partial charge in [-0.2, -0.15) is 4.57 Å². The number of aromatic nitrogens is 2. The van der Waals surface area contributed by atoms with Crippen molar-refractivity contribution >= 4 is 39.6 Å². The highest BCUT2D eigenvalue weighted by Gasteiger charge is 2.17. The molecular formula is C18H17N3O3. The van der Waals surface area contributed by atoms with Crippen molar-refractivity contribution in [2.45, 2.75) is 26.3 Å². The van der Waals surface area contributed by atoms with Crippen molar-refractivity contribution in [3.05, 3.63) is 42.5 Å². The molecule has 0 aliphatic heterocycles. The molecule has 0 radical (unpaired) electrons. The molecule has 0 saturated heterocycles. The molecular weight excluding hydrogens is 306 g/mol. The van der Waals surface area contributed by atoms with E-state index in [9.17, 15) is 14.7 Å². The third-order valence-electron chi connectivity index (χ3n) is 3.86. The number of amides is 1. The number of aliphatic carboxylic acids is 1. The average Bonchev–Trinajstić information content (AvgIpc) is 2.58. The Morgan fingerprint density at radius 3 is 2.58 bits per heavy atom. The van der Waals surface area contributed by atoms with Crippen LogP contribution < -0.4 is 15.0 Å². The van der Waals surface area contributed by atoms with Crippen molar-refractivity contribution in [3.63, 3.8) is 0 Å². The fourth-order valence-electron chi connectivity index (χ4n) is 2.77. The molecule has 24 heavy (non-hydrogen) atoms. The first-order valence-electron chi connectivity index (χ1n) is 7.81. The summed E-state index contributed by atoms with van der Waals surface area (Å²) in [4.78, 5) is 27.1. The summed E-state index contributed by atoms with van der Waals surface area (Å²) in [5.41, 5.74) is 4.02. The second-order valence-corrected chi connectivity index (χ2v) is 5.44. The number of carboxylic acids is 1. The summed E-state index contributed by atoms with van der Waals surface area (Å²) >= 11 is 0. The van der Waals surface area contributed by atoms with E-state index < -0.39 is 5.97 Å². The van der Waals surface area contributed by atoms with E-state index in [1.807, 2.05) is 36.4 Å². The van der Waals surface area contributed by atoms with Crippen LogP contribution in [0.1, 0.15) is 19.8 Å². The maximum atomic E-state index is 11.9. The van der Waals surface area contributed by atoms with Gasteiger partial charge in [0.1, 0.15) is 12.1 Å². The van der Waals surface area contributed by atoms with Gasteiger partial charge in [0.05, 0.1) is 5.69 Å². The largest absolute Gasteiger partial charge is 0.550 e.